The minimum absolute atomic E-state index is 0.0385. The van der Waals surface area contributed by atoms with E-state index in [1.807, 2.05) is 0 Å². The quantitative estimate of drug-likeness (QED) is 0.574. The van der Waals surface area contributed by atoms with Gasteiger partial charge in [0.1, 0.15) is 0 Å². The highest BCUT2D eigenvalue weighted by atomic mass is 32.2. The highest BCUT2D eigenvalue weighted by molar-refractivity contribution is 7.89. The summed E-state index contributed by atoms with van der Waals surface area (Å²) in [5.41, 5.74) is 0. The van der Waals surface area contributed by atoms with Crippen LogP contribution in [0.1, 0.15) is 0 Å². The summed E-state index contributed by atoms with van der Waals surface area (Å²) in [6.45, 7) is 1.13. The van der Waals surface area contributed by atoms with Gasteiger partial charge in [-0.05, 0) is 7.05 Å². The summed E-state index contributed by atoms with van der Waals surface area (Å²) >= 11 is 0. The molecule has 7 heteroatoms. The molecule has 14 heavy (non-hydrogen) atoms. The van der Waals surface area contributed by atoms with E-state index in [2.05, 4.69) is 10.6 Å². The third-order valence-corrected chi connectivity index (χ3v) is 3.83. The maximum atomic E-state index is 11.6. The Morgan fingerprint density at radius 2 is 2.29 bits per heavy atom. The molecule has 0 saturated carbocycles. The Balaban J connectivity index is 2.57. The Labute approximate surface area is 83.7 Å². The van der Waals surface area contributed by atoms with Crippen molar-refractivity contribution in [1.82, 2.24) is 14.9 Å². The first-order valence-corrected chi connectivity index (χ1v) is 6.06. The van der Waals surface area contributed by atoms with Crippen LogP contribution in [0, 0.1) is 0 Å². The van der Waals surface area contributed by atoms with Crippen LogP contribution < -0.4 is 10.6 Å². The first kappa shape index (κ1) is 11.4. The molecule has 1 amide bonds. The SMILES string of the molecule is CNCCS(=O)(=O)N1CCNC(=O)C1. The number of sulfonamides is 1. The molecule has 0 aromatic heterocycles. The zero-order valence-electron chi connectivity index (χ0n) is 8.12. The normalized spacial score (nSPS) is 19.4. The van der Waals surface area contributed by atoms with E-state index in [4.69, 9.17) is 0 Å². The summed E-state index contributed by atoms with van der Waals surface area (Å²) in [5.74, 6) is -0.194. The van der Waals surface area contributed by atoms with Gasteiger partial charge in [-0.2, -0.15) is 4.31 Å². The van der Waals surface area contributed by atoms with Crippen molar-refractivity contribution in [3.8, 4) is 0 Å². The van der Waals surface area contributed by atoms with E-state index in [-0.39, 0.29) is 18.2 Å². The molecule has 0 atom stereocenters. The molecule has 1 rings (SSSR count). The van der Waals surface area contributed by atoms with E-state index in [0.717, 1.165) is 0 Å². The second-order valence-corrected chi connectivity index (χ2v) is 5.19. The molecular formula is C7H15N3O3S. The van der Waals surface area contributed by atoms with E-state index in [1.165, 1.54) is 4.31 Å². The zero-order valence-corrected chi connectivity index (χ0v) is 8.93. The highest BCUT2D eigenvalue weighted by Gasteiger charge is 2.26. The first-order chi connectivity index (χ1) is 6.56. The van der Waals surface area contributed by atoms with Crippen molar-refractivity contribution in [2.24, 2.45) is 0 Å². The van der Waals surface area contributed by atoms with Gasteiger partial charge in [0, 0.05) is 19.6 Å². The maximum Gasteiger partial charge on any atom is 0.235 e. The minimum Gasteiger partial charge on any atom is -0.354 e. The second kappa shape index (κ2) is 4.72. The van der Waals surface area contributed by atoms with Gasteiger partial charge >= 0.3 is 0 Å². The molecule has 0 aliphatic carbocycles. The highest BCUT2D eigenvalue weighted by Crippen LogP contribution is 2.02. The number of amides is 1. The number of rotatable bonds is 4. The van der Waals surface area contributed by atoms with Gasteiger partial charge in [0.2, 0.25) is 15.9 Å². The molecule has 2 N–H and O–H groups in total. The molecule has 0 unspecified atom stereocenters. The third kappa shape index (κ3) is 2.93. The van der Waals surface area contributed by atoms with E-state index < -0.39 is 10.0 Å². The lowest BCUT2D eigenvalue weighted by atomic mass is 10.4. The Morgan fingerprint density at radius 3 is 2.86 bits per heavy atom. The molecular weight excluding hydrogens is 206 g/mol. The van der Waals surface area contributed by atoms with Crippen LogP contribution in [0.3, 0.4) is 0 Å². The molecule has 1 fully saturated rings. The molecule has 0 bridgehead atoms. The molecule has 1 aliphatic heterocycles. The Hall–Kier alpha value is -0.660. The van der Waals surface area contributed by atoms with Gasteiger partial charge in [-0.25, -0.2) is 8.42 Å². The predicted octanol–water partition coefficient (Wildman–Crippen LogP) is -2.03. The molecule has 1 heterocycles. The maximum absolute atomic E-state index is 11.6. The summed E-state index contributed by atoms with van der Waals surface area (Å²) in [5, 5.41) is 5.35. The number of hydrogen-bond acceptors (Lipinski definition) is 4. The van der Waals surface area contributed by atoms with Crippen molar-refractivity contribution in [2.45, 2.75) is 0 Å². The van der Waals surface area contributed by atoms with E-state index in [9.17, 15) is 13.2 Å². The van der Waals surface area contributed by atoms with Gasteiger partial charge < -0.3 is 10.6 Å². The average Bonchev–Trinajstić information content (AvgIpc) is 2.15. The average molecular weight is 221 g/mol. The van der Waals surface area contributed by atoms with Gasteiger partial charge in [0.05, 0.1) is 12.3 Å². The lowest BCUT2D eigenvalue weighted by Crippen LogP contribution is -2.51. The molecule has 0 aromatic carbocycles. The van der Waals surface area contributed by atoms with Gasteiger partial charge in [-0.15, -0.1) is 0 Å². The van der Waals surface area contributed by atoms with E-state index in [1.54, 1.807) is 7.05 Å². The Kier molecular flexibility index (Phi) is 3.85. The number of piperazine rings is 1. The van der Waals surface area contributed by atoms with Crippen molar-refractivity contribution in [1.29, 1.82) is 0 Å². The first-order valence-electron chi connectivity index (χ1n) is 4.45. The second-order valence-electron chi connectivity index (χ2n) is 3.10. The van der Waals surface area contributed by atoms with Gasteiger partial charge in [-0.3, -0.25) is 4.79 Å². The molecule has 6 nitrogen and oxygen atoms in total. The molecule has 1 saturated heterocycles. The largest absolute Gasteiger partial charge is 0.354 e. The number of nitrogens with one attached hydrogen (secondary N) is 2. The van der Waals surface area contributed by atoms with E-state index in [0.29, 0.717) is 19.6 Å². The number of carbonyl (C=O) groups excluding carboxylic acids is 1. The molecule has 0 radical (unpaired) electrons. The van der Waals surface area contributed by atoms with Crippen LogP contribution in [0.4, 0.5) is 0 Å². The summed E-state index contributed by atoms with van der Waals surface area (Å²) in [7, 11) is -1.58. The smallest absolute Gasteiger partial charge is 0.235 e. The summed E-state index contributed by atoms with van der Waals surface area (Å²) in [6.07, 6.45) is 0. The van der Waals surface area contributed by atoms with Crippen molar-refractivity contribution in [3.63, 3.8) is 0 Å². The van der Waals surface area contributed by atoms with Crippen molar-refractivity contribution >= 4 is 15.9 Å². The minimum atomic E-state index is -3.27. The van der Waals surface area contributed by atoms with Crippen LogP contribution in [0.25, 0.3) is 0 Å². The lowest BCUT2D eigenvalue weighted by Gasteiger charge is -2.25. The number of carbonyl (C=O) groups is 1. The zero-order chi connectivity index (χ0) is 10.6. The topological polar surface area (TPSA) is 78.5 Å². The van der Waals surface area contributed by atoms with Crippen LogP contribution in [0.5, 0.6) is 0 Å². The molecule has 0 spiro atoms. The monoisotopic (exact) mass is 221 g/mol. The van der Waals surface area contributed by atoms with Crippen molar-refractivity contribution < 1.29 is 13.2 Å². The number of nitrogens with zero attached hydrogens (tertiary/aromatic N) is 1. The summed E-state index contributed by atoms with van der Waals surface area (Å²) in [6, 6.07) is 0. The van der Waals surface area contributed by atoms with Crippen LogP contribution in [0.2, 0.25) is 0 Å². The fraction of sp³-hybridized carbons (Fsp3) is 0.857. The van der Waals surface area contributed by atoms with E-state index >= 15 is 0 Å². The van der Waals surface area contributed by atoms with Gasteiger partial charge in [0.25, 0.3) is 0 Å². The molecule has 0 aromatic rings. The van der Waals surface area contributed by atoms with Gasteiger partial charge in [-0.1, -0.05) is 0 Å². The predicted molar refractivity (Wildman–Crippen MR) is 52.3 cm³/mol. The Morgan fingerprint density at radius 1 is 1.57 bits per heavy atom. The van der Waals surface area contributed by atoms with Gasteiger partial charge in [0.15, 0.2) is 0 Å². The Bertz CT molecular complexity index is 301. The fourth-order valence-electron chi connectivity index (χ4n) is 1.21. The lowest BCUT2D eigenvalue weighted by molar-refractivity contribution is -0.122. The molecule has 82 valence electrons. The van der Waals surface area contributed by atoms with Crippen molar-refractivity contribution in [2.75, 3.05) is 39.0 Å². The molecule has 1 aliphatic rings. The summed E-state index contributed by atoms with van der Waals surface area (Å²) in [4.78, 5) is 11.0. The van der Waals surface area contributed by atoms with Crippen LogP contribution in [-0.4, -0.2) is 57.6 Å². The standard InChI is InChI=1S/C7H15N3O3S/c1-8-3-5-14(12,13)10-4-2-9-7(11)6-10/h8H,2-6H2,1H3,(H,9,11). The van der Waals surface area contributed by atoms with Crippen LogP contribution in [-0.2, 0) is 14.8 Å². The number of hydrogen-bond donors (Lipinski definition) is 2. The van der Waals surface area contributed by atoms with Crippen LogP contribution in [0.15, 0.2) is 0 Å². The fourth-order valence-corrected chi connectivity index (χ4v) is 2.62. The third-order valence-electron chi connectivity index (χ3n) is 2.01. The summed E-state index contributed by atoms with van der Waals surface area (Å²) < 4.78 is 24.4. The van der Waals surface area contributed by atoms with Crippen molar-refractivity contribution in [3.05, 3.63) is 0 Å². The van der Waals surface area contributed by atoms with Crippen LogP contribution >= 0.6 is 0 Å².